The minimum atomic E-state index is -3.97. The van der Waals surface area contributed by atoms with Crippen LogP contribution in [0.15, 0.2) is 53.6 Å². The number of amides is 1. The first-order valence-electron chi connectivity index (χ1n) is 17.5. The molecule has 0 radical (unpaired) electrons. The summed E-state index contributed by atoms with van der Waals surface area (Å²) in [5.74, 6) is 2.77. The molecule has 4 fully saturated rings. The molecule has 9 heteroatoms. The zero-order valence-electron chi connectivity index (χ0n) is 27.8. The third kappa shape index (κ3) is 5.89. The van der Waals surface area contributed by atoms with Gasteiger partial charge in [-0.2, -0.15) is 0 Å². The second-order valence-corrected chi connectivity index (χ2v) is 17.1. The van der Waals surface area contributed by atoms with Gasteiger partial charge in [-0.15, -0.1) is 0 Å². The maximum atomic E-state index is 12.6. The predicted octanol–water partition coefficient (Wildman–Crippen LogP) is 6.23. The first-order valence-corrected chi connectivity index (χ1v) is 18.9. The molecule has 46 heavy (non-hydrogen) atoms. The van der Waals surface area contributed by atoms with E-state index in [2.05, 4.69) is 37.4 Å². The average Bonchev–Trinajstić information content (AvgIpc) is 3.40. The molecule has 11 atom stereocenters. The molecule has 4 saturated carbocycles. The van der Waals surface area contributed by atoms with Crippen molar-refractivity contribution in [2.45, 2.75) is 103 Å². The van der Waals surface area contributed by atoms with Gasteiger partial charge in [0.1, 0.15) is 0 Å². The molecule has 252 valence electrons. The van der Waals surface area contributed by atoms with Crippen LogP contribution < -0.4 is 9.46 Å². The smallest absolute Gasteiger partial charge is 0.266 e. The molecule has 1 aromatic heterocycles. The van der Waals surface area contributed by atoms with Crippen molar-refractivity contribution in [2.75, 3.05) is 6.61 Å². The van der Waals surface area contributed by atoms with Gasteiger partial charge in [-0.05, 0) is 122 Å². The molecule has 2 aromatic rings. The second-order valence-electron chi connectivity index (χ2n) is 15.4. The van der Waals surface area contributed by atoms with Crippen molar-refractivity contribution in [1.82, 2.24) is 9.71 Å². The summed E-state index contributed by atoms with van der Waals surface area (Å²) in [7, 11) is -3.97. The van der Waals surface area contributed by atoms with Crippen LogP contribution in [-0.4, -0.2) is 48.3 Å². The van der Waals surface area contributed by atoms with Crippen LogP contribution in [0.3, 0.4) is 0 Å². The number of hydrogen-bond acceptors (Lipinski definition) is 7. The van der Waals surface area contributed by atoms with Crippen molar-refractivity contribution >= 4 is 15.9 Å². The molecule has 4 aliphatic rings. The van der Waals surface area contributed by atoms with Crippen molar-refractivity contribution in [3.63, 3.8) is 0 Å². The molecule has 0 unspecified atom stereocenters. The zero-order chi connectivity index (χ0) is 32.9. The fraction of sp³-hybridized carbons (Fsp3) is 0.676. The highest BCUT2D eigenvalue weighted by Crippen LogP contribution is 2.69. The van der Waals surface area contributed by atoms with E-state index in [9.17, 15) is 23.4 Å². The fourth-order valence-corrected chi connectivity index (χ4v) is 11.9. The van der Waals surface area contributed by atoms with Gasteiger partial charge in [0.15, 0.2) is 0 Å². The molecule has 0 bridgehead atoms. The minimum Gasteiger partial charge on any atom is -0.478 e. The molecular weight excluding hydrogens is 600 g/mol. The zero-order valence-corrected chi connectivity index (χ0v) is 28.6. The lowest BCUT2D eigenvalue weighted by Crippen LogP contribution is -2.62. The van der Waals surface area contributed by atoms with Crippen LogP contribution in [0.5, 0.6) is 5.88 Å². The number of benzene rings is 1. The van der Waals surface area contributed by atoms with Gasteiger partial charge in [-0.3, -0.25) is 4.79 Å². The highest BCUT2D eigenvalue weighted by molar-refractivity contribution is 7.90. The molecule has 0 saturated heterocycles. The normalized spacial score (nSPS) is 37.8. The Bertz CT molecular complexity index is 1480. The highest BCUT2D eigenvalue weighted by atomic mass is 32.2. The maximum Gasteiger partial charge on any atom is 0.266 e. The molecule has 6 rings (SSSR count). The summed E-state index contributed by atoms with van der Waals surface area (Å²) in [6.07, 6.45) is 10.3. The van der Waals surface area contributed by atoms with E-state index < -0.39 is 15.9 Å². The Hall–Kier alpha value is -2.49. The van der Waals surface area contributed by atoms with Crippen molar-refractivity contribution in [3.05, 3.63) is 54.2 Å². The quantitative estimate of drug-likeness (QED) is 0.293. The number of fused-ring (bicyclic) bond motifs is 5. The Morgan fingerprint density at radius 1 is 1.00 bits per heavy atom. The first-order chi connectivity index (χ1) is 21.9. The minimum absolute atomic E-state index is 0.0221. The van der Waals surface area contributed by atoms with Crippen molar-refractivity contribution in [1.29, 1.82) is 0 Å². The Kier molecular flexibility index (Phi) is 9.33. The number of hydrogen-bond donors (Lipinski definition) is 3. The molecule has 4 aliphatic carbocycles. The van der Waals surface area contributed by atoms with Gasteiger partial charge in [-0.1, -0.05) is 52.3 Å². The molecule has 1 heterocycles. The molecule has 1 amide bonds. The predicted molar refractivity (Wildman–Crippen MR) is 176 cm³/mol. The van der Waals surface area contributed by atoms with E-state index in [0.29, 0.717) is 48.0 Å². The van der Waals surface area contributed by atoms with E-state index in [1.165, 1.54) is 50.1 Å². The Morgan fingerprint density at radius 2 is 1.72 bits per heavy atom. The Balaban J connectivity index is 1.06. The molecule has 0 spiro atoms. The first kappa shape index (κ1) is 33.4. The van der Waals surface area contributed by atoms with Crippen LogP contribution in [0.2, 0.25) is 0 Å². The third-order valence-electron chi connectivity index (χ3n) is 13.3. The summed E-state index contributed by atoms with van der Waals surface area (Å²) in [4.78, 5) is 16.9. The topological polar surface area (TPSA) is 126 Å². The molecular formula is C37H52N2O6S. The van der Waals surface area contributed by atoms with Crippen molar-refractivity contribution in [3.8, 4) is 5.88 Å². The summed E-state index contributed by atoms with van der Waals surface area (Å²) in [6, 6.07) is 10.9. The number of pyridine rings is 1. The number of sulfonamides is 1. The number of carbonyl (C=O) groups excluding carboxylic acids is 1. The number of nitrogens with zero attached hydrogens (tertiary/aromatic N) is 1. The molecule has 1 aromatic carbocycles. The van der Waals surface area contributed by atoms with E-state index in [0.717, 1.165) is 32.1 Å². The van der Waals surface area contributed by atoms with Crippen molar-refractivity contribution < 1.29 is 28.2 Å². The van der Waals surface area contributed by atoms with E-state index in [-0.39, 0.29) is 39.4 Å². The summed E-state index contributed by atoms with van der Waals surface area (Å²) >= 11 is 0. The van der Waals surface area contributed by atoms with Crippen LogP contribution in [0.1, 0.15) is 95.8 Å². The lowest BCUT2D eigenvalue weighted by Gasteiger charge is -2.64. The summed E-state index contributed by atoms with van der Waals surface area (Å²) in [6.45, 7) is 10.1. The summed E-state index contributed by atoms with van der Waals surface area (Å²) in [5.41, 5.74) is 0.549. The monoisotopic (exact) mass is 652 g/mol. The van der Waals surface area contributed by atoms with Gasteiger partial charge in [0.2, 0.25) is 5.88 Å². The summed E-state index contributed by atoms with van der Waals surface area (Å²) < 4.78 is 33.1. The molecule has 8 nitrogen and oxygen atoms in total. The van der Waals surface area contributed by atoms with Crippen LogP contribution in [0.4, 0.5) is 0 Å². The molecule has 3 N–H and O–H groups in total. The van der Waals surface area contributed by atoms with Crippen LogP contribution in [-0.2, 0) is 10.0 Å². The van der Waals surface area contributed by atoms with Gasteiger partial charge in [0, 0.05) is 12.3 Å². The average molecular weight is 653 g/mol. The maximum absolute atomic E-state index is 12.6. The third-order valence-corrected chi connectivity index (χ3v) is 14.6. The van der Waals surface area contributed by atoms with E-state index >= 15 is 0 Å². The van der Waals surface area contributed by atoms with Crippen LogP contribution >= 0.6 is 0 Å². The standard InChI is InChI=1S/C37H52N2O6S/c1-5-27-31-21-25(40)15-18-37(31,4)30-16-19-36(3)28(12-13-29(36)33(30)34(27)41)23(2)17-20-45-32-14-11-24(22-38-32)35(42)39-46(43,44)26-9-7-6-8-10-26/h6-11,14,22-23,25,27-31,33-34,40-41H,5,12-13,15-21H2,1-4H3,(H,39,42)/t23-,25-,27-,28-,29+,30+,31+,33+,34-,36-,37-/m1/s1. The van der Waals surface area contributed by atoms with Gasteiger partial charge in [0.05, 0.1) is 29.3 Å². The van der Waals surface area contributed by atoms with E-state index in [1.54, 1.807) is 24.3 Å². The largest absolute Gasteiger partial charge is 0.478 e. The SMILES string of the molecule is CC[C@H]1[C@@H](O)[C@@H]2[C@H](CC[C@]3(C)[C@@H]([C@H](C)CCOc4ccc(C(=O)NS(=O)(=O)c5ccccc5)cn4)CC[C@@H]23)[C@@]2(C)CC[C@@H](O)C[C@@H]12. The van der Waals surface area contributed by atoms with Crippen LogP contribution in [0.25, 0.3) is 0 Å². The number of aliphatic hydroxyl groups is 2. The Morgan fingerprint density at radius 3 is 2.41 bits per heavy atom. The highest BCUT2D eigenvalue weighted by Gasteiger charge is 2.64. The number of carbonyl (C=O) groups is 1. The van der Waals surface area contributed by atoms with Gasteiger partial charge in [0.25, 0.3) is 15.9 Å². The fourth-order valence-electron chi connectivity index (χ4n) is 10.9. The van der Waals surface area contributed by atoms with Gasteiger partial charge >= 0.3 is 0 Å². The van der Waals surface area contributed by atoms with E-state index in [1.807, 2.05) is 0 Å². The number of aliphatic hydroxyl groups excluding tert-OH is 2. The number of rotatable bonds is 9. The lowest BCUT2D eigenvalue weighted by atomic mass is 9.41. The number of aromatic nitrogens is 1. The number of nitrogens with one attached hydrogen (secondary N) is 1. The summed E-state index contributed by atoms with van der Waals surface area (Å²) in [5, 5.41) is 22.5. The van der Waals surface area contributed by atoms with Crippen molar-refractivity contribution in [2.24, 2.45) is 52.3 Å². The lowest BCUT2D eigenvalue weighted by molar-refractivity contribution is -0.203. The van der Waals surface area contributed by atoms with Crippen LogP contribution in [0, 0.1) is 52.3 Å². The van der Waals surface area contributed by atoms with Gasteiger partial charge in [-0.25, -0.2) is 18.1 Å². The number of ether oxygens (including phenoxy) is 1. The van der Waals surface area contributed by atoms with Gasteiger partial charge < -0.3 is 14.9 Å². The Labute approximate surface area is 274 Å². The second kappa shape index (κ2) is 12.8. The van der Waals surface area contributed by atoms with E-state index in [4.69, 9.17) is 4.74 Å². The molecule has 0 aliphatic heterocycles.